The third kappa shape index (κ3) is 5.55. The Morgan fingerprint density at radius 3 is 2.83 bits per heavy atom. The Kier molecular flexibility index (Phi) is 6.72. The molecule has 0 aliphatic carbocycles. The van der Waals surface area contributed by atoms with E-state index in [1.165, 1.54) is 0 Å². The number of thioether (sulfide) groups is 1. The van der Waals surface area contributed by atoms with Crippen molar-refractivity contribution in [1.82, 2.24) is 9.97 Å². The van der Waals surface area contributed by atoms with Crippen LogP contribution in [-0.4, -0.2) is 21.6 Å². The minimum absolute atomic E-state index is 0.0956. The Balaban J connectivity index is 2.01. The number of H-pyrrole nitrogens is 1. The molecule has 0 fully saturated rings. The quantitative estimate of drug-likeness (QED) is 0.389. The highest BCUT2D eigenvalue weighted by molar-refractivity contribution is 14.1. The van der Waals surface area contributed by atoms with Crippen molar-refractivity contribution in [2.24, 2.45) is 0 Å². The number of alkyl halides is 2. The van der Waals surface area contributed by atoms with E-state index in [-0.39, 0.29) is 35.7 Å². The zero-order valence-corrected chi connectivity index (χ0v) is 15.6. The first-order valence-electron chi connectivity index (χ1n) is 6.95. The molecule has 2 rings (SSSR count). The van der Waals surface area contributed by atoms with E-state index >= 15 is 0 Å². The molecule has 1 aromatic carbocycles. The maximum Gasteiger partial charge on any atom is 0.291 e. The van der Waals surface area contributed by atoms with Gasteiger partial charge in [-0.3, -0.25) is 9.59 Å². The standard InChI is InChI=1S/C15H14F2IN3O2S/c1-8-11(13(23)21-15(19-8)24-14(16)17)5-6-12(22)20-10-4-2-3-9(18)7-10/h2-4,7,14H,5-6H2,1H3,(H,20,22)(H,19,21,23). The molecule has 9 heteroatoms. The highest BCUT2D eigenvalue weighted by Crippen LogP contribution is 2.21. The molecule has 2 aromatic rings. The first-order chi connectivity index (χ1) is 11.3. The maximum absolute atomic E-state index is 12.3. The van der Waals surface area contributed by atoms with E-state index in [0.29, 0.717) is 16.9 Å². The largest absolute Gasteiger partial charge is 0.326 e. The van der Waals surface area contributed by atoms with Crippen molar-refractivity contribution in [3.05, 3.63) is 49.4 Å². The number of hydrogen-bond acceptors (Lipinski definition) is 4. The van der Waals surface area contributed by atoms with Crippen molar-refractivity contribution < 1.29 is 13.6 Å². The minimum Gasteiger partial charge on any atom is -0.326 e. The van der Waals surface area contributed by atoms with E-state index in [2.05, 4.69) is 37.9 Å². The van der Waals surface area contributed by atoms with Gasteiger partial charge in [0.25, 0.3) is 11.3 Å². The van der Waals surface area contributed by atoms with Crippen LogP contribution in [0.4, 0.5) is 14.5 Å². The molecule has 128 valence electrons. The monoisotopic (exact) mass is 465 g/mol. The summed E-state index contributed by atoms with van der Waals surface area (Å²) >= 11 is 2.33. The third-order valence-electron chi connectivity index (χ3n) is 3.11. The van der Waals surface area contributed by atoms with Crippen LogP contribution in [0.3, 0.4) is 0 Å². The summed E-state index contributed by atoms with van der Waals surface area (Å²) in [6, 6.07) is 7.34. The summed E-state index contributed by atoms with van der Waals surface area (Å²) in [5.74, 6) is -2.89. The van der Waals surface area contributed by atoms with E-state index in [9.17, 15) is 18.4 Å². The van der Waals surface area contributed by atoms with E-state index in [0.717, 1.165) is 3.57 Å². The lowest BCUT2D eigenvalue weighted by Crippen LogP contribution is -2.20. The SMILES string of the molecule is Cc1nc(SC(F)F)[nH]c(=O)c1CCC(=O)Nc1cccc(I)c1. The highest BCUT2D eigenvalue weighted by Gasteiger charge is 2.14. The van der Waals surface area contributed by atoms with Gasteiger partial charge in [0.15, 0.2) is 5.16 Å². The number of benzene rings is 1. The second-order valence-electron chi connectivity index (χ2n) is 4.87. The molecule has 0 aliphatic heterocycles. The molecule has 0 bridgehead atoms. The number of hydrogen-bond donors (Lipinski definition) is 2. The maximum atomic E-state index is 12.3. The van der Waals surface area contributed by atoms with E-state index in [4.69, 9.17) is 0 Å². The Hall–Kier alpha value is -1.49. The molecule has 1 aromatic heterocycles. The number of amides is 1. The van der Waals surface area contributed by atoms with Crippen LogP contribution in [-0.2, 0) is 11.2 Å². The van der Waals surface area contributed by atoms with Gasteiger partial charge in [0.1, 0.15) is 0 Å². The van der Waals surface area contributed by atoms with E-state index < -0.39 is 11.3 Å². The fourth-order valence-corrected chi connectivity index (χ4v) is 3.10. The normalized spacial score (nSPS) is 10.9. The highest BCUT2D eigenvalue weighted by atomic mass is 127. The van der Waals surface area contributed by atoms with Crippen molar-refractivity contribution in [2.45, 2.75) is 30.7 Å². The molecule has 0 spiro atoms. The molecule has 0 radical (unpaired) electrons. The Morgan fingerprint density at radius 1 is 1.46 bits per heavy atom. The second-order valence-corrected chi connectivity index (χ2v) is 7.10. The van der Waals surface area contributed by atoms with Crippen LogP contribution in [0.5, 0.6) is 0 Å². The van der Waals surface area contributed by atoms with Crippen LogP contribution in [0.2, 0.25) is 0 Å². The lowest BCUT2D eigenvalue weighted by Gasteiger charge is -2.08. The zero-order chi connectivity index (χ0) is 17.7. The van der Waals surface area contributed by atoms with Gasteiger partial charge < -0.3 is 10.3 Å². The van der Waals surface area contributed by atoms with Gasteiger partial charge in [-0.1, -0.05) is 6.07 Å². The van der Waals surface area contributed by atoms with Gasteiger partial charge in [0.05, 0.1) is 0 Å². The van der Waals surface area contributed by atoms with Crippen LogP contribution in [0.1, 0.15) is 17.7 Å². The average molecular weight is 465 g/mol. The molecule has 2 N–H and O–H groups in total. The Labute approximate surface area is 154 Å². The number of rotatable bonds is 6. The van der Waals surface area contributed by atoms with Gasteiger partial charge in [-0.25, -0.2) is 4.98 Å². The molecule has 5 nitrogen and oxygen atoms in total. The molecule has 24 heavy (non-hydrogen) atoms. The molecule has 1 amide bonds. The van der Waals surface area contributed by atoms with Crippen LogP contribution < -0.4 is 10.9 Å². The van der Waals surface area contributed by atoms with Gasteiger partial charge >= 0.3 is 0 Å². The summed E-state index contributed by atoms with van der Waals surface area (Å²) in [7, 11) is 0. The van der Waals surface area contributed by atoms with Crippen molar-refractivity contribution in [3.8, 4) is 0 Å². The molecule has 0 unspecified atom stereocenters. The summed E-state index contributed by atoms with van der Waals surface area (Å²) < 4.78 is 25.6. The molecule has 0 saturated carbocycles. The molecule has 1 heterocycles. The van der Waals surface area contributed by atoms with E-state index in [1.54, 1.807) is 13.0 Å². The van der Waals surface area contributed by atoms with Gasteiger partial charge in [-0.05, 0) is 65.9 Å². The fraction of sp³-hybridized carbons (Fsp3) is 0.267. The summed E-state index contributed by atoms with van der Waals surface area (Å²) in [5.41, 5.74) is 0.863. The second kappa shape index (κ2) is 8.56. The Bertz CT molecular complexity index is 799. The summed E-state index contributed by atoms with van der Waals surface area (Å²) in [6.45, 7) is 1.57. The molecule has 0 atom stereocenters. The predicted octanol–water partition coefficient (Wildman–Crippen LogP) is 3.57. The van der Waals surface area contributed by atoms with Crippen LogP contribution in [0.15, 0.2) is 34.2 Å². The van der Waals surface area contributed by atoms with Gasteiger partial charge in [0.2, 0.25) is 5.91 Å². The number of aryl methyl sites for hydroxylation is 1. The van der Waals surface area contributed by atoms with Crippen molar-refractivity contribution >= 4 is 45.9 Å². The smallest absolute Gasteiger partial charge is 0.291 e. The molecule has 0 aliphatic rings. The van der Waals surface area contributed by atoms with Gasteiger partial charge in [-0.15, -0.1) is 0 Å². The summed E-state index contributed by atoms with van der Waals surface area (Å²) in [5, 5.41) is 2.62. The lowest BCUT2D eigenvalue weighted by atomic mass is 10.1. The van der Waals surface area contributed by atoms with Crippen LogP contribution in [0.25, 0.3) is 0 Å². The lowest BCUT2D eigenvalue weighted by molar-refractivity contribution is -0.116. The zero-order valence-electron chi connectivity index (χ0n) is 12.6. The number of halogens is 3. The molecular weight excluding hydrogens is 451 g/mol. The number of aromatic amines is 1. The van der Waals surface area contributed by atoms with Crippen LogP contribution >= 0.6 is 34.4 Å². The molecule has 0 saturated heterocycles. The van der Waals surface area contributed by atoms with Crippen molar-refractivity contribution in [2.75, 3.05) is 5.32 Å². The first kappa shape index (κ1) is 18.8. The number of aromatic nitrogens is 2. The first-order valence-corrected chi connectivity index (χ1v) is 8.91. The number of carbonyl (C=O) groups is 1. The third-order valence-corrected chi connectivity index (χ3v) is 4.38. The summed E-state index contributed by atoms with van der Waals surface area (Å²) in [6.07, 6.45) is 0.280. The van der Waals surface area contributed by atoms with Gasteiger partial charge in [-0.2, -0.15) is 8.78 Å². The fourth-order valence-electron chi connectivity index (χ4n) is 2.05. The minimum atomic E-state index is -2.65. The topological polar surface area (TPSA) is 74.8 Å². The van der Waals surface area contributed by atoms with Crippen LogP contribution in [0, 0.1) is 10.5 Å². The molecular formula is C15H14F2IN3O2S. The van der Waals surface area contributed by atoms with Crippen molar-refractivity contribution in [1.29, 1.82) is 0 Å². The average Bonchev–Trinajstić information content (AvgIpc) is 2.45. The predicted molar refractivity (Wildman–Crippen MR) is 97.6 cm³/mol. The Morgan fingerprint density at radius 2 is 2.21 bits per heavy atom. The number of nitrogens with zero attached hydrogens (tertiary/aromatic N) is 1. The van der Waals surface area contributed by atoms with E-state index in [1.807, 2.05) is 18.2 Å². The number of nitrogens with one attached hydrogen (secondary N) is 2. The van der Waals surface area contributed by atoms with Gasteiger partial charge in [0, 0.05) is 26.9 Å². The summed E-state index contributed by atoms with van der Waals surface area (Å²) in [4.78, 5) is 30.2. The number of anilines is 1. The van der Waals surface area contributed by atoms with Crippen molar-refractivity contribution in [3.63, 3.8) is 0 Å². The number of carbonyl (C=O) groups excluding carboxylic acids is 1.